The second-order valence-corrected chi connectivity index (χ2v) is 7.65. The fourth-order valence-corrected chi connectivity index (χ4v) is 3.64. The van der Waals surface area contributed by atoms with E-state index >= 15 is 0 Å². The van der Waals surface area contributed by atoms with Crippen LogP contribution >= 0.6 is 11.6 Å². The molecule has 1 fully saturated rings. The summed E-state index contributed by atoms with van der Waals surface area (Å²) < 4.78 is 13.3. The minimum Gasteiger partial charge on any atom is -0.351 e. The van der Waals surface area contributed by atoms with E-state index < -0.39 is 5.41 Å². The molecule has 0 saturated carbocycles. The normalized spacial score (nSPS) is 19.6. The first kappa shape index (κ1) is 19.4. The van der Waals surface area contributed by atoms with Crippen molar-refractivity contribution in [2.24, 2.45) is 5.41 Å². The molecule has 1 N–H and O–H groups in total. The van der Waals surface area contributed by atoms with Gasteiger partial charge in [-0.3, -0.25) is 9.59 Å². The van der Waals surface area contributed by atoms with Crippen LogP contribution in [0, 0.1) is 11.2 Å². The van der Waals surface area contributed by atoms with Crippen LogP contribution in [0.5, 0.6) is 0 Å². The van der Waals surface area contributed by atoms with Gasteiger partial charge in [0.05, 0.1) is 5.41 Å². The van der Waals surface area contributed by atoms with Crippen LogP contribution in [-0.4, -0.2) is 29.8 Å². The highest BCUT2D eigenvalue weighted by Crippen LogP contribution is 2.31. The Bertz CT molecular complexity index is 858. The van der Waals surface area contributed by atoms with E-state index in [0.717, 1.165) is 6.42 Å². The smallest absolute Gasteiger partial charge is 0.253 e. The lowest BCUT2D eigenvalue weighted by atomic mass is 9.80. The van der Waals surface area contributed by atoms with Crippen molar-refractivity contribution in [2.45, 2.75) is 26.3 Å². The van der Waals surface area contributed by atoms with Crippen molar-refractivity contribution in [3.63, 3.8) is 0 Å². The predicted octanol–water partition coefficient (Wildman–Crippen LogP) is 4.04. The van der Waals surface area contributed by atoms with Gasteiger partial charge < -0.3 is 10.2 Å². The second kappa shape index (κ2) is 8.09. The first-order chi connectivity index (χ1) is 12.9. The molecule has 142 valence electrons. The first-order valence-electron chi connectivity index (χ1n) is 8.95. The molecular formula is C21H22ClFN2O2. The average Bonchev–Trinajstić information content (AvgIpc) is 2.65. The van der Waals surface area contributed by atoms with E-state index in [2.05, 4.69) is 5.32 Å². The molecule has 1 atom stereocenters. The van der Waals surface area contributed by atoms with Crippen LogP contribution in [0.3, 0.4) is 0 Å². The van der Waals surface area contributed by atoms with E-state index in [0.29, 0.717) is 35.7 Å². The third kappa shape index (κ3) is 4.66. The highest BCUT2D eigenvalue weighted by molar-refractivity contribution is 6.30. The van der Waals surface area contributed by atoms with E-state index in [1.165, 1.54) is 12.1 Å². The number of halogens is 2. The topological polar surface area (TPSA) is 49.4 Å². The van der Waals surface area contributed by atoms with Gasteiger partial charge in [-0.2, -0.15) is 0 Å². The number of carbonyl (C=O) groups is 2. The number of amides is 2. The summed E-state index contributed by atoms with van der Waals surface area (Å²) in [6, 6.07) is 13.0. The van der Waals surface area contributed by atoms with Crippen LogP contribution in [0.4, 0.5) is 4.39 Å². The molecule has 0 aromatic heterocycles. The molecule has 1 aliphatic heterocycles. The Morgan fingerprint density at radius 2 is 2.00 bits per heavy atom. The Balaban J connectivity index is 1.66. The fourth-order valence-electron chi connectivity index (χ4n) is 3.44. The molecule has 0 spiro atoms. The summed E-state index contributed by atoms with van der Waals surface area (Å²) in [6.45, 7) is 3.07. The Morgan fingerprint density at radius 1 is 1.22 bits per heavy atom. The third-order valence-corrected chi connectivity index (χ3v) is 5.18. The zero-order valence-electron chi connectivity index (χ0n) is 15.2. The molecule has 0 bridgehead atoms. The van der Waals surface area contributed by atoms with Crippen LogP contribution in [0.15, 0.2) is 48.5 Å². The van der Waals surface area contributed by atoms with Gasteiger partial charge in [0.1, 0.15) is 5.82 Å². The molecule has 2 aromatic rings. The lowest BCUT2D eigenvalue weighted by Crippen LogP contribution is -2.51. The van der Waals surface area contributed by atoms with Crippen molar-refractivity contribution in [1.29, 1.82) is 0 Å². The molecule has 2 aromatic carbocycles. The number of rotatable bonds is 4. The summed E-state index contributed by atoms with van der Waals surface area (Å²) in [5.74, 6) is -0.583. The molecule has 27 heavy (non-hydrogen) atoms. The summed E-state index contributed by atoms with van der Waals surface area (Å²) in [4.78, 5) is 27.3. The minimum atomic E-state index is -0.681. The van der Waals surface area contributed by atoms with E-state index in [1.54, 1.807) is 41.3 Å². The van der Waals surface area contributed by atoms with Gasteiger partial charge in [-0.1, -0.05) is 29.8 Å². The predicted molar refractivity (Wildman–Crippen MR) is 103 cm³/mol. The van der Waals surface area contributed by atoms with Gasteiger partial charge in [-0.25, -0.2) is 4.39 Å². The van der Waals surface area contributed by atoms with E-state index in [1.807, 2.05) is 6.92 Å². The van der Waals surface area contributed by atoms with E-state index in [9.17, 15) is 14.0 Å². The Morgan fingerprint density at radius 3 is 2.74 bits per heavy atom. The number of nitrogens with one attached hydrogen (secondary N) is 1. The van der Waals surface area contributed by atoms with E-state index in [4.69, 9.17) is 11.6 Å². The van der Waals surface area contributed by atoms with Gasteiger partial charge in [-0.15, -0.1) is 0 Å². The number of hydrogen-bond acceptors (Lipinski definition) is 2. The zero-order chi connectivity index (χ0) is 19.4. The summed E-state index contributed by atoms with van der Waals surface area (Å²) in [7, 11) is 0. The summed E-state index contributed by atoms with van der Waals surface area (Å²) in [6.07, 6.45) is 1.44. The summed E-state index contributed by atoms with van der Waals surface area (Å²) in [5, 5.41) is 3.39. The Labute approximate surface area is 163 Å². The number of piperidine rings is 1. The van der Waals surface area contributed by atoms with Gasteiger partial charge in [0, 0.05) is 30.2 Å². The summed E-state index contributed by atoms with van der Waals surface area (Å²) in [5.41, 5.74) is 0.543. The Hall–Kier alpha value is -2.40. The minimum absolute atomic E-state index is 0.124. The number of hydrogen-bond donors (Lipinski definition) is 1. The molecule has 4 nitrogen and oxygen atoms in total. The lowest BCUT2D eigenvalue weighted by Gasteiger charge is -2.39. The molecule has 3 rings (SSSR count). The van der Waals surface area contributed by atoms with Crippen molar-refractivity contribution in [3.05, 3.63) is 70.5 Å². The molecule has 1 saturated heterocycles. The highest BCUT2D eigenvalue weighted by atomic mass is 35.5. The van der Waals surface area contributed by atoms with Crippen molar-refractivity contribution < 1.29 is 14.0 Å². The van der Waals surface area contributed by atoms with Crippen LogP contribution in [0.1, 0.15) is 35.7 Å². The standard InChI is InChI=1S/C21H22ClFN2O2/c1-21(20(27)24-13-15-5-2-8-18(23)11-15)9-4-10-25(14-21)19(26)16-6-3-7-17(22)12-16/h2-3,5-8,11-12H,4,9-10,13-14H2,1H3,(H,24,27). The van der Waals surface area contributed by atoms with Crippen LogP contribution in [-0.2, 0) is 11.3 Å². The van der Waals surface area contributed by atoms with Crippen LogP contribution in [0.25, 0.3) is 0 Å². The summed E-state index contributed by atoms with van der Waals surface area (Å²) >= 11 is 5.98. The quantitative estimate of drug-likeness (QED) is 0.859. The molecule has 0 radical (unpaired) electrons. The largest absolute Gasteiger partial charge is 0.351 e. The van der Waals surface area contributed by atoms with E-state index in [-0.39, 0.29) is 24.2 Å². The molecule has 6 heteroatoms. The van der Waals surface area contributed by atoms with Crippen molar-refractivity contribution >= 4 is 23.4 Å². The SMILES string of the molecule is CC1(C(=O)NCc2cccc(F)c2)CCCN(C(=O)c2cccc(Cl)c2)C1. The van der Waals surface area contributed by atoms with Gasteiger partial charge in [0.15, 0.2) is 0 Å². The van der Waals surface area contributed by atoms with Gasteiger partial charge >= 0.3 is 0 Å². The number of nitrogens with zero attached hydrogens (tertiary/aromatic N) is 1. The van der Waals surface area contributed by atoms with Crippen molar-refractivity contribution in [3.8, 4) is 0 Å². The molecule has 2 amide bonds. The maximum Gasteiger partial charge on any atom is 0.253 e. The monoisotopic (exact) mass is 388 g/mol. The fraction of sp³-hybridized carbons (Fsp3) is 0.333. The molecule has 1 heterocycles. The number of benzene rings is 2. The maximum atomic E-state index is 13.3. The average molecular weight is 389 g/mol. The number of carbonyl (C=O) groups excluding carboxylic acids is 2. The van der Waals surface area contributed by atoms with Crippen LogP contribution < -0.4 is 5.32 Å². The maximum absolute atomic E-state index is 13.3. The van der Waals surface area contributed by atoms with Gasteiger partial charge in [0.2, 0.25) is 5.91 Å². The lowest BCUT2D eigenvalue weighted by molar-refractivity contribution is -0.132. The second-order valence-electron chi connectivity index (χ2n) is 7.21. The van der Waals surface area contributed by atoms with Gasteiger partial charge in [-0.05, 0) is 55.7 Å². The molecular weight excluding hydrogens is 367 g/mol. The number of likely N-dealkylation sites (tertiary alicyclic amines) is 1. The molecule has 1 unspecified atom stereocenters. The highest BCUT2D eigenvalue weighted by Gasteiger charge is 2.39. The first-order valence-corrected chi connectivity index (χ1v) is 9.33. The van der Waals surface area contributed by atoms with Crippen molar-refractivity contribution in [1.82, 2.24) is 10.2 Å². The zero-order valence-corrected chi connectivity index (χ0v) is 15.9. The molecule has 0 aliphatic carbocycles. The van der Waals surface area contributed by atoms with Crippen LogP contribution in [0.2, 0.25) is 5.02 Å². The Kier molecular flexibility index (Phi) is 5.80. The van der Waals surface area contributed by atoms with Gasteiger partial charge in [0.25, 0.3) is 5.91 Å². The third-order valence-electron chi connectivity index (χ3n) is 4.95. The molecule has 1 aliphatic rings. The van der Waals surface area contributed by atoms with Crippen molar-refractivity contribution in [2.75, 3.05) is 13.1 Å².